The number of aromatic nitrogens is 1. The maximum atomic E-state index is 13.0. The first-order valence-electron chi connectivity index (χ1n) is 9.28. The van der Waals surface area contributed by atoms with Crippen molar-refractivity contribution in [1.82, 2.24) is 9.88 Å². The van der Waals surface area contributed by atoms with Crippen LogP contribution in [0.25, 0.3) is 10.9 Å². The van der Waals surface area contributed by atoms with Crippen molar-refractivity contribution in [1.29, 1.82) is 0 Å². The Bertz CT molecular complexity index is 1180. The molecule has 0 aliphatic carbocycles. The minimum atomic E-state index is -1.39. The van der Waals surface area contributed by atoms with Gasteiger partial charge in [0.1, 0.15) is 6.04 Å². The first-order chi connectivity index (χ1) is 14.5. The fourth-order valence-corrected chi connectivity index (χ4v) is 4.52. The molecule has 2 aliphatic heterocycles. The number of aliphatic carboxylic acids is 1. The van der Waals surface area contributed by atoms with Crippen LogP contribution in [0.4, 0.5) is 0 Å². The van der Waals surface area contributed by atoms with Crippen LogP contribution in [0.2, 0.25) is 0 Å². The van der Waals surface area contributed by atoms with Gasteiger partial charge in [-0.25, -0.2) is 4.79 Å². The number of para-hydroxylation sites is 1. The number of nitrogens with zero attached hydrogens (tertiary/aromatic N) is 1. The van der Waals surface area contributed by atoms with Crippen molar-refractivity contribution in [2.75, 3.05) is 6.79 Å². The molecule has 2 aromatic carbocycles. The van der Waals surface area contributed by atoms with Crippen molar-refractivity contribution in [3.8, 4) is 11.5 Å². The lowest BCUT2D eigenvalue weighted by molar-refractivity contribution is -0.151. The van der Waals surface area contributed by atoms with Crippen molar-refractivity contribution >= 4 is 46.0 Å². The number of ether oxygens (including phenoxy) is 2. The molecule has 3 heterocycles. The maximum Gasteiger partial charge on any atom is 0.326 e. The van der Waals surface area contributed by atoms with E-state index in [4.69, 9.17) is 32.7 Å². The first kappa shape index (κ1) is 19.1. The number of alkyl halides is 2. The van der Waals surface area contributed by atoms with Gasteiger partial charge in [-0.3, -0.25) is 4.79 Å². The molecule has 1 unspecified atom stereocenters. The second-order valence-corrected chi connectivity index (χ2v) is 8.28. The van der Waals surface area contributed by atoms with E-state index in [9.17, 15) is 14.7 Å². The number of benzene rings is 2. The summed E-state index contributed by atoms with van der Waals surface area (Å²) < 4.78 is 10.9. The largest absolute Gasteiger partial charge is 0.480 e. The van der Waals surface area contributed by atoms with Gasteiger partial charge in [-0.05, 0) is 29.3 Å². The van der Waals surface area contributed by atoms with E-state index in [0.29, 0.717) is 17.1 Å². The van der Waals surface area contributed by atoms with E-state index < -0.39 is 28.8 Å². The number of carbonyl (C=O) groups is 2. The number of H-pyrrole nitrogens is 1. The van der Waals surface area contributed by atoms with Gasteiger partial charge in [0.15, 0.2) is 16.3 Å². The number of hydrogen-bond donors (Lipinski definition) is 2. The molecule has 30 heavy (non-hydrogen) atoms. The summed E-state index contributed by atoms with van der Waals surface area (Å²) in [5.74, 6) is -0.674. The van der Waals surface area contributed by atoms with E-state index in [-0.39, 0.29) is 13.2 Å². The number of carbonyl (C=O) groups excluding carboxylic acids is 1. The Morgan fingerprint density at radius 1 is 1.13 bits per heavy atom. The smallest absolute Gasteiger partial charge is 0.326 e. The fourth-order valence-electron chi connectivity index (χ4n) is 4.30. The molecule has 0 saturated carbocycles. The normalized spacial score (nSPS) is 19.9. The molecule has 5 rings (SSSR count). The summed E-state index contributed by atoms with van der Waals surface area (Å²) in [5.41, 5.74) is 3.11. The third-order valence-electron chi connectivity index (χ3n) is 5.57. The molecule has 1 aromatic heterocycles. The average Bonchev–Trinajstić information content (AvgIpc) is 3.35. The topological polar surface area (TPSA) is 91.9 Å². The molecule has 3 aromatic rings. The highest BCUT2D eigenvalue weighted by molar-refractivity contribution is 6.53. The summed E-state index contributed by atoms with van der Waals surface area (Å²) in [6.45, 7) is 0.104. The highest BCUT2D eigenvalue weighted by atomic mass is 35.5. The van der Waals surface area contributed by atoms with Crippen LogP contribution >= 0.6 is 23.2 Å². The number of halogens is 2. The van der Waals surface area contributed by atoms with Crippen molar-refractivity contribution in [3.05, 3.63) is 59.3 Å². The van der Waals surface area contributed by atoms with Gasteiger partial charge in [-0.15, -0.1) is 0 Å². The van der Waals surface area contributed by atoms with Gasteiger partial charge in [0.2, 0.25) is 6.79 Å². The monoisotopic (exact) mass is 446 g/mol. The number of nitrogens with one attached hydrogen (secondary N) is 1. The molecule has 0 spiro atoms. The standard InChI is InChI=1S/C21H16Cl2N2O5/c22-19(23)20(26)25-14(21(27)28)8-12-11-3-1-2-4-13(11)24-17(12)18(25)10-5-6-15-16(7-10)30-9-29-15/h1-7,14,18-19,24H,8-9H2,(H,27,28)/t14-,18?/m1/s1. The second-order valence-electron chi connectivity index (χ2n) is 7.18. The van der Waals surface area contributed by atoms with Crippen LogP contribution in [0.3, 0.4) is 0 Å². The predicted octanol–water partition coefficient (Wildman–Crippen LogP) is 3.63. The zero-order valence-electron chi connectivity index (χ0n) is 15.5. The van der Waals surface area contributed by atoms with Crippen LogP contribution in [0.1, 0.15) is 22.9 Å². The summed E-state index contributed by atoms with van der Waals surface area (Å²) in [7, 11) is 0. The van der Waals surface area contributed by atoms with Crippen LogP contribution in [0.5, 0.6) is 11.5 Å². The molecule has 2 N–H and O–H groups in total. The lowest BCUT2D eigenvalue weighted by Gasteiger charge is -2.40. The van der Waals surface area contributed by atoms with E-state index in [1.165, 1.54) is 4.90 Å². The Morgan fingerprint density at radius 3 is 2.67 bits per heavy atom. The molecule has 0 saturated heterocycles. The number of hydrogen-bond acceptors (Lipinski definition) is 4. The van der Waals surface area contributed by atoms with Gasteiger partial charge >= 0.3 is 5.97 Å². The summed E-state index contributed by atoms with van der Waals surface area (Å²) in [6.07, 6.45) is 0.141. The van der Waals surface area contributed by atoms with Crippen LogP contribution in [0, 0.1) is 0 Å². The van der Waals surface area contributed by atoms with Crippen molar-refractivity contribution < 1.29 is 24.2 Å². The first-order valence-corrected chi connectivity index (χ1v) is 10.1. The summed E-state index contributed by atoms with van der Waals surface area (Å²) >= 11 is 11.8. The lowest BCUT2D eigenvalue weighted by Crippen LogP contribution is -2.53. The molecular formula is C21H16Cl2N2O5. The van der Waals surface area contributed by atoms with Gasteiger partial charge in [0.25, 0.3) is 5.91 Å². The molecule has 154 valence electrons. The quantitative estimate of drug-likeness (QED) is 0.599. The number of carboxylic acids is 1. The Hall–Kier alpha value is -2.90. The molecule has 7 nitrogen and oxygen atoms in total. The summed E-state index contributed by atoms with van der Waals surface area (Å²) in [4.78, 5) is 28.4. The number of fused-ring (bicyclic) bond motifs is 4. The van der Waals surface area contributed by atoms with E-state index in [1.807, 2.05) is 24.3 Å². The molecule has 2 atom stereocenters. The fraction of sp³-hybridized carbons (Fsp3) is 0.238. The minimum Gasteiger partial charge on any atom is -0.480 e. The van der Waals surface area contributed by atoms with Crippen molar-refractivity contribution in [3.63, 3.8) is 0 Å². The van der Waals surface area contributed by atoms with Crippen LogP contribution in [-0.4, -0.2) is 44.5 Å². The van der Waals surface area contributed by atoms with E-state index in [2.05, 4.69) is 4.98 Å². The Balaban J connectivity index is 1.76. The molecule has 1 amide bonds. The van der Waals surface area contributed by atoms with Gasteiger partial charge in [-0.2, -0.15) is 0 Å². The van der Waals surface area contributed by atoms with Gasteiger partial charge in [0, 0.05) is 23.0 Å². The van der Waals surface area contributed by atoms with Gasteiger partial charge in [0.05, 0.1) is 6.04 Å². The van der Waals surface area contributed by atoms with Crippen LogP contribution < -0.4 is 9.47 Å². The molecular weight excluding hydrogens is 431 g/mol. The third-order valence-corrected chi connectivity index (χ3v) is 5.94. The molecule has 0 fully saturated rings. The van der Waals surface area contributed by atoms with Crippen molar-refractivity contribution in [2.45, 2.75) is 23.3 Å². The number of carboxylic acid groups (broad SMARTS) is 1. The molecule has 0 bridgehead atoms. The Morgan fingerprint density at radius 2 is 1.90 bits per heavy atom. The van der Waals surface area contributed by atoms with Crippen LogP contribution in [0.15, 0.2) is 42.5 Å². The zero-order chi connectivity index (χ0) is 21.0. The zero-order valence-corrected chi connectivity index (χ0v) is 17.0. The number of amides is 1. The lowest BCUT2D eigenvalue weighted by atomic mass is 9.87. The summed E-state index contributed by atoms with van der Waals surface area (Å²) in [5, 5.41) is 10.9. The van der Waals surface area contributed by atoms with Gasteiger partial charge < -0.3 is 24.5 Å². The summed E-state index contributed by atoms with van der Waals surface area (Å²) in [6, 6.07) is 11.1. The van der Waals surface area contributed by atoms with E-state index in [0.717, 1.165) is 22.2 Å². The third kappa shape index (κ3) is 2.88. The highest BCUT2D eigenvalue weighted by Gasteiger charge is 2.45. The molecule has 9 heteroatoms. The Kier molecular flexibility index (Phi) is 4.52. The van der Waals surface area contributed by atoms with E-state index >= 15 is 0 Å². The predicted molar refractivity (Wildman–Crippen MR) is 110 cm³/mol. The van der Waals surface area contributed by atoms with Crippen molar-refractivity contribution in [2.24, 2.45) is 0 Å². The minimum absolute atomic E-state index is 0.104. The maximum absolute atomic E-state index is 13.0. The SMILES string of the molecule is O=C(O)[C@H]1Cc2c([nH]c3ccccc23)C(c2ccc3c(c2)OCO3)N1C(=O)C(Cl)Cl. The van der Waals surface area contributed by atoms with E-state index in [1.54, 1.807) is 18.2 Å². The van der Waals surface area contributed by atoms with Crippen LogP contribution in [-0.2, 0) is 16.0 Å². The number of rotatable bonds is 3. The molecule has 0 radical (unpaired) electrons. The molecule has 2 aliphatic rings. The highest BCUT2D eigenvalue weighted by Crippen LogP contribution is 2.44. The Labute approximate surface area is 181 Å². The second kappa shape index (κ2) is 7.11. The average molecular weight is 447 g/mol. The number of aromatic amines is 1. The van der Waals surface area contributed by atoms with Gasteiger partial charge in [-0.1, -0.05) is 47.5 Å².